The molecule has 6 rings (SSSR count). The van der Waals surface area contributed by atoms with E-state index in [1.165, 1.54) is 21.9 Å². The van der Waals surface area contributed by atoms with Crippen molar-refractivity contribution in [1.29, 1.82) is 5.26 Å². The van der Waals surface area contributed by atoms with Gasteiger partial charge in [0.1, 0.15) is 6.07 Å². The number of nitrogens with zero attached hydrogens (tertiary/aromatic N) is 3. The normalized spacial score (nSPS) is 11.0. The maximum absolute atomic E-state index is 9.30. The fourth-order valence-electron chi connectivity index (χ4n) is 4.53. The van der Waals surface area contributed by atoms with Crippen molar-refractivity contribution in [2.45, 2.75) is 0 Å². The van der Waals surface area contributed by atoms with Crippen molar-refractivity contribution >= 4 is 21.8 Å². The van der Waals surface area contributed by atoms with Crippen LogP contribution in [0.25, 0.3) is 49.7 Å². The quantitative estimate of drug-likeness (QED) is 0.299. The molecule has 4 aromatic carbocycles. The molecule has 3 nitrogen and oxygen atoms in total. The number of pyridine rings is 1. The van der Waals surface area contributed by atoms with Crippen LogP contribution in [0.5, 0.6) is 0 Å². The number of para-hydroxylation sites is 1. The minimum Gasteiger partial charge on any atom is -0.309 e. The number of benzene rings is 4. The zero-order valence-corrected chi connectivity index (χ0v) is 17.8. The minimum atomic E-state index is 0.561. The highest BCUT2D eigenvalue weighted by molar-refractivity contribution is 6.11. The van der Waals surface area contributed by atoms with Crippen LogP contribution in [0.3, 0.4) is 0 Å². The molecule has 2 heterocycles. The topological polar surface area (TPSA) is 41.6 Å². The Bertz CT molecular complexity index is 1660. The first-order valence-electron chi connectivity index (χ1n) is 10.9. The maximum Gasteiger partial charge on any atom is 0.101 e. The first kappa shape index (κ1) is 19.0. The number of aromatic nitrogens is 2. The van der Waals surface area contributed by atoms with Crippen molar-refractivity contribution in [3.05, 3.63) is 121 Å². The Morgan fingerprint density at radius 1 is 0.576 bits per heavy atom. The largest absolute Gasteiger partial charge is 0.309 e. The van der Waals surface area contributed by atoms with Crippen molar-refractivity contribution in [1.82, 2.24) is 9.55 Å². The molecule has 0 saturated heterocycles. The highest BCUT2D eigenvalue weighted by Crippen LogP contribution is 2.37. The average molecular weight is 422 g/mol. The van der Waals surface area contributed by atoms with Crippen LogP contribution in [0.1, 0.15) is 5.56 Å². The van der Waals surface area contributed by atoms with E-state index in [2.05, 4.69) is 101 Å². The van der Waals surface area contributed by atoms with Crippen LogP contribution in [0, 0.1) is 11.3 Å². The molecule has 2 aromatic heterocycles. The van der Waals surface area contributed by atoms with Gasteiger partial charge in [-0.2, -0.15) is 5.26 Å². The molecule has 33 heavy (non-hydrogen) atoms. The van der Waals surface area contributed by atoms with Crippen molar-refractivity contribution in [2.75, 3.05) is 0 Å². The van der Waals surface area contributed by atoms with Gasteiger partial charge in [0.2, 0.25) is 0 Å². The molecule has 0 aliphatic carbocycles. The van der Waals surface area contributed by atoms with Gasteiger partial charge in [-0.05, 0) is 59.2 Å². The Kier molecular flexibility index (Phi) is 4.49. The molecule has 0 saturated carbocycles. The summed E-state index contributed by atoms with van der Waals surface area (Å²) in [6.07, 6.45) is 3.41. The molecular formula is C30H19N3. The van der Waals surface area contributed by atoms with Crippen LogP contribution < -0.4 is 0 Å². The van der Waals surface area contributed by atoms with E-state index in [0.717, 1.165) is 27.8 Å². The molecule has 0 spiro atoms. The summed E-state index contributed by atoms with van der Waals surface area (Å²) in [6.45, 7) is 0. The molecule has 0 fully saturated rings. The smallest absolute Gasteiger partial charge is 0.101 e. The van der Waals surface area contributed by atoms with Crippen LogP contribution in [0.15, 0.2) is 116 Å². The van der Waals surface area contributed by atoms with Gasteiger partial charge in [-0.15, -0.1) is 0 Å². The van der Waals surface area contributed by atoms with E-state index < -0.39 is 0 Å². The lowest BCUT2D eigenvalue weighted by atomic mass is 10.0. The fraction of sp³-hybridized carbons (Fsp3) is 0. The maximum atomic E-state index is 9.30. The molecule has 0 radical (unpaired) electrons. The summed E-state index contributed by atoms with van der Waals surface area (Å²) in [4.78, 5) is 4.25. The van der Waals surface area contributed by atoms with Crippen LogP contribution in [-0.4, -0.2) is 9.55 Å². The standard InChI is InChI=1S/C30H19N3/c31-18-21-15-25(20-32-19-21)24-12-14-30-28(17-24)27-16-23(22-7-3-1-4-8-22)11-13-29(27)33(30)26-9-5-2-6-10-26/h1-17,19-20H. The fourth-order valence-corrected chi connectivity index (χ4v) is 4.53. The number of hydrogen-bond acceptors (Lipinski definition) is 2. The van der Waals surface area contributed by atoms with Gasteiger partial charge >= 0.3 is 0 Å². The number of nitriles is 1. The summed E-state index contributed by atoms with van der Waals surface area (Å²) < 4.78 is 2.31. The third kappa shape index (κ3) is 3.26. The Hall–Kier alpha value is -4.68. The molecule has 0 aliphatic heterocycles. The van der Waals surface area contributed by atoms with E-state index in [9.17, 15) is 5.26 Å². The van der Waals surface area contributed by atoms with E-state index in [1.54, 1.807) is 6.20 Å². The van der Waals surface area contributed by atoms with Crippen LogP contribution in [0.2, 0.25) is 0 Å². The molecule has 0 atom stereocenters. The first-order chi connectivity index (χ1) is 16.3. The van der Waals surface area contributed by atoms with Crippen molar-refractivity contribution in [3.63, 3.8) is 0 Å². The lowest BCUT2D eigenvalue weighted by molar-refractivity contribution is 1.18. The summed E-state index contributed by atoms with van der Waals surface area (Å²) in [5.74, 6) is 0. The van der Waals surface area contributed by atoms with Gasteiger partial charge in [-0.3, -0.25) is 4.98 Å². The van der Waals surface area contributed by atoms with Gasteiger partial charge in [0.05, 0.1) is 16.6 Å². The summed E-state index contributed by atoms with van der Waals surface area (Å²) in [7, 11) is 0. The first-order valence-corrected chi connectivity index (χ1v) is 10.9. The number of fused-ring (bicyclic) bond motifs is 3. The summed E-state index contributed by atoms with van der Waals surface area (Å²) in [5.41, 5.74) is 8.37. The second-order valence-electron chi connectivity index (χ2n) is 8.07. The molecule has 6 aromatic rings. The summed E-state index contributed by atoms with van der Waals surface area (Å²) in [6, 6.07) is 38.2. The van der Waals surface area contributed by atoms with Gasteiger partial charge < -0.3 is 4.57 Å². The molecule has 0 aliphatic rings. The number of rotatable bonds is 3. The molecule has 0 unspecified atom stereocenters. The molecular weight excluding hydrogens is 402 g/mol. The second-order valence-corrected chi connectivity index (χ2v) is 8.07. The zero-order valence-electron chi connectivity index (χ0n) is 17.8. The number of hydrogen-bond donors (Lipinski definition) is 0. The Labute approximate surface area is 191 Å². The predicted octanol–water partition coefficient (Wildman–Crippen LogP) is 7.38. The predicted molar refractivity (Wildman–Crippen MR) is 134 cm³/mol. The van der Waals surface area contributed by atoms with Gasteiger partial charge in [-0.1, -0.05) is 60.7 Å². The van der Waals surface area contributed by atoms with Crippen LogP contribution >= 0.6 is 0 Å². The van der Waals surface area contributed by atoms with E-state index >= 15 is 0 Å². The van der Waals surface area contributed by atoms with Gasteiger partial charge in [0, 0.05) is 34.4 Å². The van der Waals surface area contributed by atoms with Crippen molar-refractivity contribution in [3.8, 4) is 34.0 Å². The van der Waals surface area contributed by atoms with E-state index in [1.807, 2.05) is 24.4 Å². The van der Waals surface area contributed by atoms with Crippen LogP contribution in [0.4, 0.5) is 0 Å². The monoisotopic (exact) mass is 421 g/mol. The molecule has 3 heteroatoms. The molecule has 0 N–H and O–H groups in total. The molecule has 0 bridgehead atoms. The SMILES string of the molecule is N#Cc1cncc(-c2ccc3c(c2)c2cc(-c4ccccc4)ccc2n3-c2ccccc2)c1. The summed E-state index contributed by atoms with van der Waals surface area (Å²) in [5, 5.41) is 11.7. The summed E-state index contributed by atoms with van der Waals surface area (Å²) >= 11 is 0. The Balaban J connectivity index is 1.65. The lowest BCUT2D eigenvalue weighted by Crippen LogP contribution is -1.93. The Morgan fingerprint density at radius 3 is 1.82 bits per heavy atom. The second kappa shape index (κ2) is 7.78. The highest BCUT2D eigenvalue weighted by atomic mass is 15.0. The zero-order chi connectivity index (χ0) is 22.2. The van der Waals surface area contributed by atoms with E-state index in [0.29, 0.717) is 5.56 Å². The average Bonchev–Trinajstić information content (AvgIpc) is 3.22. The third-order valence-electron chi connectivity index (χ3n) is 6.09. The van der Waals surface area contributed by atoms with Crippen molar-refractivity contribution in [2.24, 2.45) is 0 Å². The van der Waals surface area contributed by atoms with E-state index in [4.69, 9.17) is 0 Å². The molecule has 0 amide bonds. The Morgan fingerprint density at radius 2 is 1.18 bits per heavy atom. The van der Waals surface area contributed by atoms with Gasteiger partial charge in [0.25, 0.3) is 0 Å². The van der Waals surface area contributed by atoms with Crippen molar-refractivity contribution < 1.29 is 0 Å². The van der Waals surface area contributed by atoms with Gasteiger partial charge in [-0.25, -0.2) is 0 Å². The third-order valence-corrected chi connectivity index (χ3v) is 6.09. The minimum absolute atomic E-state index is 0.561. The molecule has 154 valence electrons. The van der Waals surface area contributed by atoms with Crippen LogP contribution in [-0.2, 0) is 0 Å². The lowest BCUT2D eigenvalue weighted by Gasteiger charge is -2.08. The van der Waals surface area contributed by atoms with Gasteiger partial charge in [0.15, 0.2) is 0 Å². The highest BCUT2D eigenvalue weighted by Gasteiger charge is 2.14. The van der Waals surface area contributed by atoms with E-state index in [-0.39, 0.29) is 0 Å².